The molecule has 1 heterocycles. The van der Waals surface area contributed by atoms with Crippen molar-refractivity contribution in [1.82, 2.24) is 5.32 Å². The average molecular weight is 315 g/mol. The van der Waals surface area contributed by atoms with Crippen LogP contribution in [-0.4, -0.2) is 21.6 Å². The summed E-state index contributed by atoms with van der Waals surface area (Å²) in [6.07, 6.45) is 0. The van der Waals surface area contributed by atoms with Crippen LogP contribution in [-0.2, 0) is 4.79 Å². The van der Waals surface area contributed by atoms with Crippen molar-refractivity contribution in [3.8, 4) is 0 Å². The third-order valence-electron chi connectivity index (χ3n) is 3.49. The molecule has 0 spiro atoms. The van der Waals surface area contributed by atoms with Crippen LogP contribution in [0.15, 0.2) is 41.1 Å². The summed E-state index contributed by atoms with van der Waals surface area (Å²) in [7, 11) is 0. The lowest BCUT2D eigenvalue weighted by atomic mass is 9.79. The number of nitrogens with zero attached hydrogens (tertiary/aromatic N) is 1. The van der Waals surface area contributed by atoms with Crippen molar-refractivity contribution in [1.29, 1.82) is 5.41 Å². The Balaban J connectivity index is 2.81. The van der Waals surface area contributed by atoms with E-state index in [1.807, 2.05) is 0 Å². The van der Waals surface area contributed by atoms with E-state index in [1.54, 1.807) is 25.1 Å². The Kier molecular flexibility index (Phi) is 4.30. The van der Waals surface area contributed by atoms with E-state index in [0.29, 0.717) is 16.8 Å². The predicted octanol–water partition coefficient (Wildman–Crippen LogP) is 2.65. The highest BCUT2D eigenvalue weighted by atomic mass is 32.1. The van der Waals surface area contributed by atoms with E-state index < -0.39 is 10.8 Å². The van der Waals surface area contributed by atoms with Crippen LogP contribution in [0.4, 0.5) is 5.69 Å². The maximum atomic E-state index is 12.0. The van der Waals surface area contributed by atoms with Crippen LogP contribution in [0, 0.1) is 15.5 Å². The van der Waals surface area contributed by atoms with E-state index in [4.69, 9.17) is 17.6 Å². The van der Waals surface area contributed by atoms with E-state index in [0.717, 1.165) is 0 Å². The van der Waals surface area contributed by atoms with Gasteiger partial charge in [-0.1, -0.05) is 30.4 Å². The number of para-hydroxylation sites is 1. The number of nitrogens with one attached hydrogen (secondary N) is 2. The van der Waals surface area contributed by atoms with E-state index in [9.17, 15) is 14.9 Å². The number of carbonyl (C=O) groups is 1. The summed E-state index contributed by atoms with van der Waals surface area (Å²) in [5.41, 5.74) is 1.37. The van der Waals surface area contributed by atoms with Gasteiger partial charge in [0.1, 0.15) is 4.99 Å². The van der Waals surface area contributed by atoms with E-state index in [2.05, 4.69) is 11.2 Å². The van der Waals surface area contributed by atoms with Gasteiger partial charge >= 0.3 is 0 Å². The van der Waals surface area contributed by atoms with Gasteiger partial charge in [-0.2, -0.15) is 0 Å². The number of hydrogen-bond donors (Lipinski definition) is 2. The molecule has 2 N–H and O–H groups in total. The van der Waals surface area contributed by atoms with Crippen molar-refractivity contribution < 1.29 is 9.72 Å². The molecule has 0 radical (unpaired) electrons. The quantitative estimate of drug-likeness (QED) is 0.294. The number of carbonyl (C=O) groups excluding carboxylic acids is 1. The van der Waals surface area contributed by atoms with Crippen LogP contribution in [0.3, 0.4) is 0 Å². The molecule has 0 aliphatic carbocycles. The standard InChI is InChI=1S/C15H13N3O3S/c1-8-13(9(2)19)14(11(7-16)15(22)17-8)10-5-3-4-6-12(10)18(20)21/h3-6,14,16H,1-2H3,(H,17,22). The van der Waals surface area contributed by atoms with Gasteiger partial charge in [0, 0.05) is 22.9 Å². The van der Waals surface area contributed by atoms with Gasteiger partial charge in [0.15, 0.2) is 5.78 Å². The first kappa shape index (κ1) is 15.8. The van der Waals surface area contributed by atoms with Crippen LogP contribution in [0.2, 0.25) is 0 Å². The highest BCUT2D eigenvalue weighted by Crippen LogP contribution is 2.40. The van der Waals surface area contributed by atoms with Crippen LogP contribution in [0.1, 0.15) is 25.3 Å². The molecule has 1 aromatic carbocycles. The summed E-state index contributed by atoms with van der Waals surface area (Å²) < 4.78 is 0. The minimum atomic E-state index is -0.759. The van der Waals surface area contributed by atoms with Crippen LogP contribution >= 0.6 is 12.2 Å². The zero-order valence-electron chi connectivity index (χ0n) is 12.0. The van der Waals surface area contributed by atoms with Crippen molar-refractivity contribution in [2.75, 3.05) is 0 Å². The number of rotatable bonds is 3. The monoisotopic (exact) mass is 315 g/mol. The number of thiocarbonyl (C=S) groups is 1. The average Bonchev–Trinajstić information content (AvgIpc) is 2.45. The molecule has 0 amide bonds. The number of nitro groups is 1. The van der Waals surface area contributed by atoms with E-state index in [1.165, 1.54) is 13.0 Å². The lowest BCUT2D eigenvalue weighted by molar-refractivity contribution is -0.385. The lowest BCUT2D eigenvalue weighted by Crippen LogP contribution is -2.34. The summed E-state index contributed by atoms with van der Waals surface area (Å²) in [6, 6.07) is 6.15. The number of benzene rings is 1. The molecule has 0 saturated carbocycles. The molecule has 1 atom stereocenters. The normalized spacial score (nSPS) is 17.8. The largest absolute Gasteiger partial charge is 0.349 e. The molecule has 7 heteroatoms. The molecular weight excluding hydrogens is 302 g/mol. The molecule has 1 aliphatic heterocycles. The third-order valence-corrected chi connectivity index (χ3v) is 3.81. The van der Waals surface area contributed by atoms with Gasteiger partial charge in [-0.15, -0.1) is 0 Å². The van der Waals surface area contributed by atoms with E-state index >= 15 is 0 Å². The molecule has 0 bridgehead atoms. The molecule has 0 fully saturated rings. The van der Waals surface area contributed by atoms with Crippen LogP contribution in [0.25, 0.3) is 0 Å². The zero-order valence-corrected chi connectivity index (χ0v) is 12.8. The minimum absolute atomic E-state index is 0.114. The van der Waals surface area contributed by atoms with Crippen molar-refractivity contribution >= 4 is 34.5 Å². The van der Waals surface area contributed by atoms with Gasteiger partial charge in [-0.05, 0) is 19.7 Å². The Hall–Kier alpha value is -2.63. The molecule has 1 aromatic rings. The van der Waals surface area contributed by atoms with Gasteiger partial charge in [-0.3, -0.25) is 20.3 Å². The fourth-order valence-corrected chi connectivity index (χ4v) is 2.92. The van der Waals surface area contributed by atoms with Gasteiger partial charge < -0.3 is 5.32 Å². The van der Waals surface area contributed by atoms with Crippen molar-refractivity contribution in [2.24, 2.45) is 0 Å². The maximum Gasteiger partial charge on any atom is 0.273 e. The molecule has 1 unspecified atom stereocenters. The van der Waals surface area contributed by atoms with Crippen LogP contribution in [0.5, 0.6) is 0 Å². The Morgan fingerprint density at radius 2 is 2.09 bits per heavy atom. The van der Waals surface area contributed by atoms with Crippen LogP contribution < -0.4 is 5.32 Å². The minimum Gasteiger partial charge on any atom is -0.349 e. The Labute approximate surface area is 132 Å². The predicted molar refractivity (Wildman–Crippen MR) is 86.2 cm³/mol. The second kappa shape index (κ2) is 6.01. The molecule has 1 aliphatic rings. The number of Topliss-reactive ketones (excluding diaryl/α,β-unsaturated/α-hetero) is 1. The highest BCUT2D eigenvalue weighted by molar-refractivity contribution is 7.80. The summed E-state index contributed by atoms with van der Waals surface area (Å²) in [4.78, 5) is 23.1. The Morgan fingerprint density at radius 1 is 1.45 bits per heavy atom. The first-order chi connectivity index (χ1) is 10.4. The van der Waals surface area contributed by atoms with E-state index in [-0.39, 0.29) is 22.0 Å². The maximum absolute atomic E-state index is 12.0. The number of nitro benzene ring substituents is 1. The topological polar surface area (TPSA) is 96.1 Å². The lowest BCUT2D eigenvalue weighted by Gasteiger charge is -2.28. The van der Waals surface area contributed by atoms with Gasteiger partial charge in [0.2, 0.25) is 0 Å². The molecule has 0 aromatic heterocycles. The number of ketones is 1. The highest BCUT2D eigenvalue weighted by Gasteiger charge is 2.36. The summed E-state index contributed by atoms with van der Waals surface area (Å²) in [5, 5.41) is 21.6. The van der Waals surface area contributed by atoms with Crippen molar-refractivity contribution in [3.63, 3.8) is 0 Å². The summed E-state index contributed by atoms with van der Waals surface area (Å²) >= 11 is 5.18. The van der Waals surface area contributed by atoms with Crippen molar-refractivity contribution in [2.45, 2.75) is 19.8 Å². The Bertz CT molecular complexity index is 776. The summed E-state index contributed by atoms with van der Waals surface area (Å²) in [5.74, 6) is 1.24. The SMILES string of the molecule is CC(=O)C1=C(C)NC(=S)C(=C=N)C1c1ccccc1[N+](=O)[O-]. The molecular formula is C15H13N3O3S. The van der Waals surface area contributed by atoms with Gasteiger partial charge in [0.05, 0.1) is 16.4 Å². The van der Waals surface area contributed by atoms with Crippen molar-refractivity contribution in [3.05, 3.63) is 56.8 Å². The first-order valence-electron chi connectivity index (χ1n) is 6.44. The fourth-order valence-electron chi connectivity index (χ4n) is 2.60. The molecule has 112 valence electrons. The Morgan fingerprint density at radius 3 is 2.64 bits per heavy atom. The molecule has 22 heavy (non-hydrogen) atoms. The molecule has 2 rings (SSSR count). The second-order valence-corrected chi connectivity index (χ2v) is 5.24. The zero-order chi connectivity index (χ0) is 16.4. The smallest absolute Gasteiger partial charge is 0.273 e. The summed E-state index contributed by atoms with van der Waals surface area (Å²) in [6.45, 7) is 3.07. The first-order valence-corrected chi connectivity index (χ1v) is 6.85. The second-order valence-electron chi connectivity index (χ2n) is 4.84. The fraction of sp³-hybridized carbons (Fsp3) is 0.200. The number of hydrogen-bond acceptors (Lipinski definition) is 5. The third kappa shape index (κ3) is 2.59. The molecule has 0 saturated heterocycles. The number of allylic oxidation sites excluding steroid dienone is 2. The molecule has 6 nitrogen and oxygen atoms in total. The van der Waals surface area contributed by atoms with Gasteiger partial charge in [0.25, 0.3) is 5.69 Å². The van der Waals surface area contributed by atoms with Gasteiger partial charge in [-0.25, -0.2) is 0 Å².